The van der Waals surface area contributed by atoms with Gasteiger partial charge in [-0.25, -0.2) is 0 Å². The van der Waals surface area contributed by atoms with Gasteiger partial charge in [0, 0.05) is 29.3 Å². The minimum absolute atomic E-state index is 0.0631. The molecule has 3 nitrogen and oxygen atoms in total. The Hall–Kier alpha value is -2.75. The summed E-state index contributed by atoms with van der Waals surface area (Å²) in [4.78, 5) is 3.06. The van der Waals surface area contributed by atoms with Crippen LogP contribution in [0.5, 0.6) is 0 Å². The lowest BCUT2D eigenvalue weighted by atomic mass is 10.1. The van der Waals surface area contributed by atoms with Crippen LogP contribution in [0, 0.1) is 0 Å². The van der Waals surface area contributed by atoms with E-state index in [2.05, 4.69) is 15.6 Å². The molecule has 0 amide bonds. The first-order valence-electron chi connectivity index (χ1n) is 7.93. The highest BCUT2D eigenvalue weighted by atomic mass is 32.1. The number of hydrogen-bond acceptors (Lipinski definition) is 1. The molecule has 10 heteroatoms. The van der Waals surface area contributed by atoms with Gasteiger partial charge in [0.05, 0.1) is 11.1 Å². The average Bonchev–Trinajstić information content (AvgIpc) is 3.01. The van der Waals surface area contributed by atoms with Crippen molar-refractivity contribution in [3.63, 3.8) is 0 Å². The van der Waals surface area contributed by atoms with Gasteiger partial charge in [0.2, 0.25) is 0 Å². The fourth-order valence-corrected chi connectivity index (χ4v) is 2.85. The zero-order valence-corrected chi connectivity index (χ0v) is 14.8. The van der Waals surface area contributed by atoms with E-state index in [1.807, 2.05) is 24.3 Å². The second-order valence-electron chi connectivity index (χ2n) is 5.96. The number of hydrogen-bond donors (Lipinski definition) is 3. The normalized spacial score (nSPS) is 12.2. The lowest BCUT2D eigenvalue weighted by molar-refractivity contribution is -0.143. The molecule has 1 heterocycles. The van der Waals surface area contributed by atoms with Crippen molar-refractivity contribution in [1.82, 2.24) is 10.3 Å². The minimum atomic E-state index is -4.92. The number of aromatic amines is 1. The van der Waals surface area contributed by atoms with Crippen LogP contribution in [0.15, 0.2) is 48.7 Å². The third-order valence-electron chi connectivity index (χ3n) is 3.96. The Labute approximate surface area is 160 Å². The van der Waals surface area contributed by atoms with E-state index in [0.717, 1.165) is 16.5 Å². The number of anilines is 1. The number of aromatic nitrogens is 1. The summed E-state index contributed by atoms with van der Waals surface area (Å²) >= 11 is 5.01. The fourth-order valence-electron chi connectivity index (χ4n) is 2.66. The van der Waals surface area contributed by atoms with Crippen molar-refractivity contribution in [3.05, 3.63) is 65.4 Å². The first-order valence-corrected chi connectivity index (χ1v) is 8.34. The van der Waals surface area contributed by atoms with Crippen molar-refractivity contribution in [2.24, 2.45) is 0 Å². The molecule has 0 unspecified atom stereocenters. The van der Waals surface area contributed by atoms with Gasteiger partial charge in [0.25, 0.3) is 0 Å². The van der Waals surface area contributed by atoms with E-state index in [1.54, 1.807) is 6.20 Å². The number of H-pyrrole nitrogens is 1. The molecule has 1 aromatic heterocycles. The van der Waals surface area contributed by atoms with E-state index in [-0.39, 0.29) is 17.7 Å². The molecule has 3 N–H and O–H groups in total. The zero-order chi connectivity index (χ0) is 20.5. The molecule has 0 aliphatic rings. The number of nitrogens with one attached hydrogen (secondary N) is 3. The molecule has 0 radical (unpaired) electrons. The highest BCUT2D eigenvalue weighted by Gasteiger charge is 2.37. The lowest BCUT2D eigenvalue weighted by Gasteiger charge is -2.16. The van der Waals surface area contributed by atoms with E-state index in [0.29, 0.717) is 12.1 Å². The Bertz CT molecular complexity index is 974. The van der Waals surface area contributed by atoms with Crippen LogP contribution in [0.2, 0.25) is 0 Å². The van der Waals surface area contributed by atoms with Gasteiger partial charge in [-0.1, -0.05) is 18.2 Å². The summed E-state index contributed by atoms with van der Waals surface area (Å²) in [6.45, 7) is 0.237. The summed E-state index contributed by atoms with van der Waals surface area (Å²) in [6.07, 6.45) is -8.10. The summed E-state index contributed by atoms with van der Waals surface area (Å²) < 4.78 is 77.5. The SMILES string of the molecule is FC(F)(F)c1cc(NC(=S)NCc2c[nH]c3ccccc23)cc(C(F)(F)F)c1. The predicted molar refractivity (Wildman–Crippen MR) is 97.8 cm³/mol. The van der Waals surface area contributed by atoms with E-state index in [4.69, 9.17) is 12.2 Å². The second kappa shape index (κ2) is 7.34. The number of alkyl halides is 6. The van der Waals surface area contributed by atoms with Gasteiger partial charge < -0.3 is 15.6 Å². The van der Waals surface area contributed by atoms with Crippen molar-refractivity contribution >= 4 is 33.9 Å². The monoisotopic (exact) mass is 417 g/mol. The topological polar surface area (TPSA) is 39.8 Å². The smallest absolute Gasteiger partial charge is 0.361 e. The molecule has 28 heavy (non-hydrogen) atoms. The Morgan fingerprint density at radius 1 is 0.929 bits per heavy atom. The van der Waals surface area contributed by atoms with E-state index < -0.39 is 29.2 Å². The number of benzene rings is 2. The van der Waals surface area contributed by atoms with Crippen LogP contribution in [0.4, 0.5) is 32.0 Å². The molecule has 0 spiro atoms. The Kier molecular flexibility index (Phi) is 5.24. The van der Waals surface area contributed by atoms with Crippen LogP contribution in [-0.4, -0.2) is 10.1 Å². The van der Waals surface area contributed by atoms with E-state index >= 15 is 0 Å². The maximum atomic E-state index is 12.9. The van der Waals surface area contributed by atoms with Crippen molar-refractivity contribution in [2.75, 3.05) is 5.32 Å². The molecule has 0 aliphatic carbocycles. The van der Waals surface area contributed by atoms with Crippen LogP contribution in [0.1, 0.15) is 16.7 Å². The molecule has 0 atom stereocenters. The van der Waals surface area contributed by atoms with Crippen molar-refractivity contribution in [1.29, 1.82) is 0 Å². The quantitative estimate of drug-likeness (QED) is 0.379. The lowest BCUT2D eigenvalue weighted by Crippen LogP contribution is -2.28. The van der Waals surface area contributed by atoms with Gasteiger partial charge in [0.1, 0.15) is 0 Å². The minimum Gasteiger partial charge on any atom is -0.361 e. The fraction of sp³-hybridized carbons (Fsp3) is 0.167. The molecule has 0 aliphatic heterocycles. The molecular formula is C18H13F6N3S. The Balaban J connectivity index is 1.76. The van der Waals surface area contributed by atoms with Crippen LogP contribution in [-0.2, 0) is 18.9 Å². The van der Waals surface area contributed by atoms with Crippen LogP contribution >= 0.6 is 12.2 Å². The van der Waals surface area contributed by atoms with Crippen molar-refractivity contribution in [2.45, 2.75) is 18.9 Å². The first-order chi connectivity index (χ1) is 13.0. The highest BCUT2D eigenvalue weighted by molar-refractivity contribution is 7.80. The van der Waals surface area contributed by atoms with Gasteiger partial charge >= 0.3 is 12.4 Å². The summed E-state index contributed by atoms with van der Waals surface area (Å²) in [5.41, 5.74) is -1.49. The third kappa shape index (κ3) is 4.56. The van der Waals surface area contributed by atoms with Crippen molar-refractivity contribution < 1.29 is 26.3 Å². The molecule has 148 valence electrons. The summed E-state index contributed by atoms with van der Waals surface area (Å²) in [6, 6.07) is 8.67. The van der Waals surface area contributed by atoms with E-state index in [9.17, 15) is 26.3 Å². The standard InChI is InChI=1S/C18H13F6N3S/c19-17(20,21)11-5-12(18(22,23)24)7-13(6-11)27-16(28)26-9-10-8-25-15-4-2-1-3-14(10)15/h1-8,25H,9H2,(H2,26,27,28). The molecule has 0 saturated heterocycles. The number of halogens is 6. The highest BCUT2D eigenvalue weighted by Crippen LogP contribution is 2.37. The number of thiocarbonyl (C=S) groups is 1. The summed E-state index contributed by atoms with van der Waals surface area (Å²) in [5.74, 6) is 0. The van der Waals surface area contributed by atoms with Gasteiger partial charge in [-0.15, -0.1) is 0 Å². The maximum Gasteiger partial charge on any atom is 0.416 e. The summed E-state index contributed by atoms with van der Waals surface area (Å²) in [5, 5.41) is 6.00. The summed E-state index contributed by atoms with van der Waals surface area (Å²) in [7, 11) is 0. The van der Waals surface area contributed by atoms with E-state index in [1.165, 1.54) is 0 Å². The largest absolute Gasteiger partial charge is 0.416 e. The zero-order valence-electron chi connectivity index (χ0n) is 14.0. The second-order valence-corrected chi connectivity index (χ2v) is 6.37. The third-order valence-corrected chi connectivity index (χ3v) is 4.21. The van der Waals surface area contributed by atoms with Gasteiger partial charge in [0.15, 0.2) is 5.11 Å². The molecular weight excluding hydrogens is 404 g/mol. The van der Waals surface area contributed by atoms with Gasteiger partial charge in [-0.2, -0.15) is 26.3 Å². The average molecular weight is 417 g/mol. The predicted octanol–water partition coefficient (Wildman–Crippen LogP) is 5.69. The molecule has 0 fully saturated rings. The van der Waals surface area contributed by atoms with Gasteiger partial charge in [-0.3, -0.25) is 0 Å². The van der Waals surface area contributed by atoms with Crippen molar-refractivity contribution in [3.8, 4) is 0 Å². The van der Waals surface area contributed by atoms with Crippen LogP contribution in [0.3, 0.4) is 0 Å². The molecule has 0 bridgehead atoms. The molecule has 0 saturated carbocycles. The Morgan fingerprint density at radius 2 is 1.54 bits per heavy atom. The van der Waals surface area contributed by atoms with Crippen LogP contribution in [0.25, 0.3) is 10.9 Å². The van der Waals surface area contributed by atoms with Gasteiger partial charge in [-0.05, 0) is 42.0 Å². The molecule has 3 rings (SSSR count). The Morgan fingerprint density at radius 3 is 2.14 bits per heavy atom. The van der Waals surface area contributed by atoms with Crippen LogP contribution < -0.4 is 10.6 Å². The number of fused-ring (bicyclic) bond motifs is 1. The number of rotatable bonds is 3. The molecule has 2 aromatic carbocycles. The first kappa shape index (κ1) is 20.0. The molecule has 3 aromatic rings. The maximum absolute atomic E-state index is 12.9. The number of para-hydroxylation sites is 1.